The number of hydrogen-bond donors (Lipinski definition) is 1. The van der Waals surface area contributed by atoms with Gasteiger partial charge in [-0.2, -0.15) is 0 Å². The van der Waals surface area contributed by atoms with Gasteiger partial charge < -0.3 is 9.67 Å². The van der Waals surface area contributed by atoms with Crippen LogP contribution in [0.1, 0.15) is 30.9 Å². The van der Waals surface area contributed by atoms with Crippen LogP contribution in [0.2, 0.25) is 0 Å². The van der Waals surface area contributed by atoms with Crippen molar-refractivity contribution in [2.24, 2.45) is 7.05 Å². The maximum absolute atomic E-state index is 10.8. The molecule has 1 aromatic carbocycles. The first kappa shape index (κ1) is 11.7. The van der Waals surface area contributed by atoms with Crippen LogP contribution in [0.4, 0.5) is 0 Å². The number of rotatable bonds is 3. The van der Waals surface area contributed by atoms with Crippen molar-refractivity contribution < 1.29 is 9.90 Å². The monoisotopic (exact) mass is 231 g/mol. The van der Waals surface area contributed by atoms with Crippen molar-refractivity contribution in [3.63, 3.8) is 0 Å². The Morgan fingerprint density at radius 1 is 1.41 bits per heavy atom. The van der Waals surface area contributed by atoms with Crippen molar-refractivity contribution in [2.75, 3.05) is 0 Å². The van der Waals surface area contributed by atoms with Gasteiger partial charge in [0.2, 0.25) is 0 Å². The van der Waals surface area contributed by atoms with E-state index in [1.807, 2.05) is 17.8 Å². The molecule has 3 nitrogen and oxygen atoms in total. The lowest BCUT2D eigenvalue weighted by Gasteiger charge is -2.06. The van der Waals surface area contributed by atoms with Gasteiger partial charge in [0.05, 0.1) is 6.42 Å². The zero-order valence-corrected chi connectivity index (χ0v) is 10.4. The van der Waals surface area contributed by atoms with Crippen LogP contribution in [0.15, 0.2) is 24.4 Å². The van der Waals surface area contributed by atoms with Gasteiger partial charge in [0, 0.05) is 24.1 Å². The lowest BCUT2D eigenvalue weighted by molar-refractivity contribution is -0.136. The summed E-state index contributed by atoms with van der Waals surface area (Å²) in [5, 5.41) is 9.96. The zero-order valence-electron chi connectivity index (χ0n) is 10.4. The minimum Gasteiger partial charge on any atom is -0.481 e. The number of carboxylic acid groups (broad SMARTS) is 1. The minimum atomic E-state index is -0.785. The smallest absolute Gasteiger partial charge is 0.307 e. The molecule has 0 aliphatic rings. The van der Waals surface area contributed by atoms with Gasteiger partial charge in [-0.1, -0.05) is 19.9 Å². The largest absolute Gasteiger partial charge is 0.481 e. The van der Waals surface area contributed by atoms with Crippen molar-refractivity contribution in [1.82, 2.24) is 4.57 Å². The van der Waals surface area contributed by atoms with Gasteiger partial charge in [0.1, 0.15) is 0 Å². The van der Waals surface area contributed by atoms with E-state index in [2.05, 4.69) is 32.0 Å². The summed E-state index contributed by atoms with van der Waals surface area (Å²) in [6, 6.07) is 6.28. The van der Waals surface area contributed by atoms with E-state index in [-0.39, 0.29) is 6.42 Å². The first-order valence-corrected chi connectivity index (χ1v) is 5.78. The van der Waals surface area contributed by atoms with Crippen LogP contribution in [0.25, 0.3) is 10.9 Å². The van der Waals surface area contributed by atoms with Gasteiger partial charge in [-0.3, -0.25) is 4.79 Å². The number of hydrogen-bond acceptors (Lipinski definition) is 1. The molecule has 2 rings (SSSR count). The molecule has 0 aliphatic carbocycles. The summed E-state index contributed by atoms with van der Waals surface area (Å²) in [6.07, 6.45) is 1.99. The second kappa shape index (κ2) is 4.24. The molecule has 0 radical (unpaired) electrons. The normalized spacial score (nSPS) is 11.3. The molecule has 1 heterocycles. The standard InChI is InChI=1S/C14H17NO2/c1-9(2)10-4-5-13-12(6-10)11(7-14(16)17)8-15(13)3/h4-6,8-9H,7H2,1-3H3,(H,16,17). The molecular formula is C14H17NO2. The van der Waals surface area contributed by atoms with Gasteiger partial charge in [-0.05, 0) is 29.2 Å². The molecule has 17 heavy (non-hydrogen) atoms. The maximum atomic E-state index is 10.8. The van der Waals surface area contributed by atoms with Crippen LogP contribution in [0, 0.1) is 0 Å². The number of aliphatic carboxylic acids is 1. The van der Waals surface area contributed by atoms with E-state index in [0.717, 1.165) is 16.5 Å². The number of nitrogens with zero attached hydrogens (tertiary/aromatic N) is 1. The Morgan fingerprint density at radius 3 is 2.71 bits per heavy atom. The third kappa shape index (κ3) is 2.18. The fraction of sp³-hybridized carbons (Fsp3) is 0.357. The Labute approximate surface area is 101 Å². The lowest BCUT2D eigenvalue weighted by Crippen LogP contribution is -1.99. The maximum Gasteiger partial charge on any atom is 0.307 e. The molecule has 0 bridgehead atoms. The van der Waals surface area contributed by atoms with Crippen molar-refractivity contribution in [3.8, 4) is 0 Å². The Morgan fingerprint density at radius 2 is 2.12 bits per heavy atom. The second-order valence-electron chi connectivity index (χ2n) is 4.77. The summed E-state index contributed by atoms with van der Waals surface area (Å²) < 4.78 is 1.98. The molecule has 1 N–H and O–H groups in total. The average molecular weight is 231 g/mol. The molecule has 0 atom stereocenters. The van der Waals surface area contributed by atoms with Crippen LogP contribution in [-0.2, 0) is 18.3 Å². The van der Waals surface area contributed by atoms with Gasteiger partial charge in [-0.15, -0.1) is 0 Å². The number of aryl methyl sites for hydroxylation is 1. The topological polar surface area (TPSA) is 42.2 Å². The predicted octanol–water partition coefficient (Wildman–Crippen LogP) is 2.93. The van der Waals surface area contributed by atoms with Gasteiger partial charge in [0.15, 0.2) is 0 Å². The van der Waals surface area contributed by atoms with Crippen molar-refractivity contribution in [1.29, 1.82) is 0 Å². The first-order valence-electron chi connectivity index (χ1n) is 5.78. The van der Waals surface area contributed by atoms with E-state index >= 15 is 0 Å². The molecular weight excluding hydrogens is 214 g/mol. The van der Waals surface area contributed by atoms with Crippen LogP contribution in [0.3, 0.4) is 0 Å². The van der Waals surface area contributed by atoms with E-state index in [1.54, 1.807) is 0 Å². The van der Waals surface area contributed by atoms with E-state index in [1.165, 1.54) is 5.56 Å². The van der Waals surface area contributed by atoms with Gasteiger partial charge in [0.25, 0.3) is 0 Å². The highest BCUT2D eigenvalue weighted by atomic mass is 16.4. The molecule has 0 fully saturated rings. The van der Waals surface area contributed by atoms with E-state index in [4.69, 9.17) is 5.11 Å². The minimum absolute atomic E-state index is 0.0822. The lowest BCUT2D eigenvalue weighted by atomic mass is 10.00. The molecule has 1 aromatic heterocycles. The Kier molecular flexibility index (Phi) is 2.92. The molecule has 0 spiro atoms. The zero-order chi connectivity index (χ0) is 12.6. The van der Waals surface area contributed by atoms with E-state index < -0.39 is 5.97 Å². The molecule has 3 heteroatoms. The highest BCUT2D eigenvalue weighted by Crippen LogP contribution is 2.25. The van der Waals surface area contributed by atoms with Crippen LogP contribution in [0.5, 0.6) is 0 Å². The van der Waals surface area contributed by atoms with Crippen LogP contribution in [-0.4, -0.2) is 15.6 Å². The summed E-state index contributed by atoms with van der Waals surface area (Å²) in [5.74, 6) is -0.329. The SMILES string of the molecule is CC(C)c1ccc2c(c1)c(CC(=O)O)cn2C. The number of carbonyl (C=O) groups is 1. The Balaban J connectivity index is 2.60. The molecule has 0 aliphatic heterocycles. The molecule has 2 aromatic rings. The third-order valence-electron chi connectivity index (χ3n) is 3.10. The van der Waals surface area contributed by atoms with Crippen molar-refractivity contribution >= 4 is 16.9 Å². The second-order valence-corrected chi connectivity index (χ2v) is 4.77. The Hall–Kier alpha value is -1.77. The third-order valence-corrected chi connectivity index (χ3v) is 3.10. The summed E-state index contributed by atoms with van der Waals surface area (Å²) in [6.45, 7) is 4.28. The molecule has 0 unspecified atom stereocenters. The number of carboxylic acids is 1. The summed E-state index contributed by atoms with van der Waals surface area (Å²) >= 11 is 0. The highest BCUT2D eigenvalue weighted by molar-refractivity contribution is 5.88. The number of benzene rings is 1. The summed E-state index contributed by atoms with van der Waals surface area (Å²) in [5.41, 5.74) is 3.22. The quantitative estimate of drug-likeness (QED) is 0.882. The van der Waals surface area contributed by atoms with Crippen LogP contribution < -0.4 is 0 Å². The van der Waals surface area contributed by atoms with Crippen LogP contribution >= 0.6 is 0 Å². The van der Waals surface area contributed by atoms with E-state index in [9.17, 15) is 4.79 Å². The molecule has 90 valence electrons. The average Bonchev–Trinajstić information content (AvgIpc) is 2.54. The molecule has 0 saturated carbocycles. The van der Waals surface area contributed by atoms with Gasteiger partial charge >= 0.3 is 5.97 Å². The van der Waals surface area contributed by atoms with Crippen molar-refractivity contribution in [2.45, 2.75) is 26.2 Å². The van der Waals surface area contributed by atoms with Crippen molar-refractivity contribution in [3.05, 3.63) is 35.5 Å². The van der Waals surface area contributed by atoms with E-state index in [0.29, 0.717) is 5.92 Å². The summed E-state index contributed by atoms with van der Waals surface area (Å²) in [7, 11) is 1.95. The number of fused-ring (bicyclic) bond motifs is 1. The fourth-order valence-corrected chi connectivity index (χ4v) is 2.15. The first-order chi connectivity index (χ1) is 7.99. The summed E-state index contributed by atoms with van der Waals surface area (Å²) in [4.78, 5) is 10.8. The molecule has 0 amide bonds. The van der Waals surface area contributed by atoms with Gasteiger partial charge in [-0.25, -0.2) is 0 Å². The highest BCUT2D eigenvalue weighted by Gasteiger charge is 2.11. The predicted molar refractivity (Wildman–Crippen MR) is 68.3 cm³/mol. The Bertz CT molecular complexity index is 567. The number of aromatic nitrogens is 1. The molecule has 0 saturated heterocycles. The fourth-order valence-electron chi connectivity index (χ4n) is 2.15.